The van der Waals surface area contributed by atoms with E-state index in [1.54, 1.807) is 11.3 Å². The van der Waals surface area contributed by atoms with Crippen molar-refractivity contribution >= 4 is 38.9 Å². The highest BCUT2D eigenvalue weighted by Crippen LogP contribution is 2.35. The Balaban J connectivity index is 2.49. The van der Waals surface area contributed by atoms with Crippen molar-refractivity contribution in [3.63, 3.8) is 0 Å². The number of rotatable bonds is 3. The molecule has 2 rings (SSSR count). The predicted molar refractivity (Wildman–Crippen MR) is 79.1 cm³/mol. The van der Waals surface area contributed by atoms with Crippen molar-refractivity contribution in [2.45, 2.75) is 13.0 Å². The molecule has 1 nitrogen and oxygen atoms in total. The Morgan fingerprint density at radius 1 is 1.35 bits per heavy atom. The van der Waals surface area contributed by atoms with Crippen LogP contribution in [0.3, 0.4) is 0 Å². The van der Waals surface area contributed by atoms with Crippen LogP contribution in [0.15, 0.2) is 34.1 Å². The minimum atomic E-state index is 0.183. The number of hydrogen-bond acceptors (Lipinski definition) is 2. The molecule has 0 amide bonds. The summed E-state index contributed by atoms with van der Waals surface area (Å²) in [6, 6.07) is 8.28. The third kappa shape index (κ3) is 2.74. The molecule has 1 heterocycles. The van der Waals surface area contributed by atoms with E-state index in [0.717, 1.165) is 9.50 Å². The van der Waals surface area contributed by atoms with Crippen LogP contribution in [0.5, 0.6) is 0 Å². The van der Waals surface area contributed by atoms with E-state index in [1.807, 2.05) is 19.2 Å². The Hall–Kier alpha value is -0.350. The highest BCUT2D eigenvalue weighted by atomic mass is 79.9. The van der Waals surface area contributed by atoms with Crippen LogP contribution in [0, 0.1) is 6.92 Å². The summed E-state index contributed by atoms with van der Waals surface area (Å²) in [5.41, 5.74) is 2.47. The molecule has 0 bridgehead atoms. The molecule has 1 unspecified atom stereocenters. The molecule has 90 valence electrons. The van der Waals surface area contributed by atoms with Gasteiger partial charge < -0.3 is 5.32 Å². The summed E-state index contributed by atoms with van der Waals surface area (Å²) >= 11 is 11.4. The molecule has 0 aliphatic heterocycles. The Bertz CT molecular complexity index is 524. The first kappa shape index (κ1) is 13.1. The normalized spacial score (nSPS) is 12.7. The van der Waals surface area contributed by atoms with Gasteiger partial charge >= 0.3 is 0 Å². The van der Waals surface area contributed by atoms with Crippen LogP contribution in [0.2, 0.25) is 5.02 Å². The summed E-state index contributed by atoms with van der Waals surface area (Å²) < 4.78 is 1.14. The molecule has 0 aliphatic carbocycles. The van der Waals surface area contributed by atoms with E-state index in [4.69, 9.17) is 11.6 Å². The lowest BCUT2D eigenvalue weighted by molar-refractivity contribution is 0.697. The summed E-state index contributed by atoms with van der Waals surface area (Å²) in [5, 5.41) is 6.21. The lowest BCUT2D eigenvalue weighted by Crippen LogP contribution is -2.18. The van der Waals surface area contributed by atoms with Gasteiger partial charge in [-0.2, -0.15) is 0 Å². The molecular weight excluding hydrogens is 318 g/mol. The zero-order valence-corrected chi connectivity index (χ0v) is 12.8. The van der Waals surface area contributed by atoms with Crippen LogP contribution < -0.4 is 5.32 Å². The van der Waals surface area contributed by atoms with Crippen LogP contribution in [-0.2, 0) is 0 Å². The average molecular weight is 331 g/mol. The molecule has 0 saturated carbocycles. The van der Waals surface area contributed by atoms with Crippen molar-refractivity contribution < 1.29 is 0 Å². The zero-order valence-electron chi connectivity index (χ0n) is 9.63. The quantitative estimate of drug-likeness (QED) is 0.854. The van der Waals surface area contributed by atoms with Crippen LogP contribution >= 0.6 is 38.9 Å². The van der Waals surface area contributed by atoms with Crippen LogP contribution in [-0.4, -0.2) is 7.05 Å². The number of aryl methyl sites for hydroxylation is 1. The van der Waals surface area contributed by atoms with Crippen molar-refractivity contribution in [3.05, 3.63) is 55.1 Å². The summed E-state index contributed by atoms with van der Waals surface area (Å²) in [5.74, 6) is 0. The van der Waals surface area contributed by atoms with E-state index < -0.39 is 0 Å². The number of thiophene rings is 1. The first-order valence-corrected chi connectivity index (χ1v) is 7.34. The van der Waals surface area contributed by atoms with Gasteiger partial charge in [0.15, 0.2) is 0 Å². The fourth-order valence-corrected chi connectivity index (χ4v) is 3.77. The summed E-state index contributed by atoms with van der Waals surface area (Å²) in [7, 11) is 1.97. The topological polar surface area (TPSA) is 12.0 Å². The van der Waals surface area contributed by atoms with Gasteiger partial charge in [-0.05, 0) is 64.6 Å². The van der Waals surface area contributed by atoms with Crippen molar-refractivity contribution in [1.29, 1.82) is 0 Å². The van der Waals surface area contributed by atoms with Gasteiger partial charge in [0.1, 0.15) is 0 Å². The fourth-order valence-electron chi connectivity index (χ4n) is 1.86. The lowest BCUT2D eigenvalue weighted by Gasteiger charge is -2.18. The van der Waals surface area contributed by atoms with Gasteiger partial charge in [0.25, 0.3) is 0 Å². The Morgan fingerprint density at radius 2 is 2.12 bits per heavy atom. The SMILES string of the molecule is CNC(c1cc(Cl)ccc1C)c1sccc1Br. The third-order valence-electron chi connectivity index (χ3n) is 2.75. The largest absolute Gasteiger partial charge is 0.309 e. The van der Waals surface area contributed by atoms with E-state index in [9.17, 15) is 0 Å². The van der Waals surface area contributed by atoms with Crippen molar-refractivity contribution in [1.82, 2.24) is 5.32 Å². The molecule has 0 saturated heterocycles. The maximum atomic E-state index is 6.08. The zero-order chi connectivity index (χ0) is 12.4. The van der Waals surface area contributed by atoms with E-state index in [1.165, 1.54) is 16.0 Å². The molecule has 0 aliphatic rings. The van der Waals surface area contributed by atoms with E-state index in [-0.39, 0.29) is 6.04 Å². The highest BCUT2D eigenvalue weighted by Gasteiger charge is 2.18. The molecule has 2 aromatic rings. The van der Waals surface area contributed by atoms with Gasteiger partial charge in [0.2, 0.25) is 0 Å². The van der Waals surface area contributed by atoms with Gasteiger partial charge in [0.05, 0.1) is 6.04 Å². The maximum absolute atomic E-state index is 6.08. The molecule has 0 spiro atoms. The standard InChI is InChI=1S/C13H13BrClNS/c1-8-3-4-9(15)7-10(8)12(16-2)13-11(14)5-6-17-13/h3-7,12,16H,1-2H3. The minimum absolute atomic E-state index is 0.183. The van der Waals surface area contributed by atoms with Gasteiger partial charge in [-0.3, -0.25) is 0 Å². The molecular formula is C13H13BrClNS. The first-order valence-electron chi connectivity index (χ1n) is 5.29. The van der Waals surface area contributed by atoms with Crippen molar-refractivity contribution in [2.24, 2.45) is 0 Å². The number of nitrogens with one attached hydrogen (secondary N) is 1. The number of benzene rings is 1. The first-order chi connectivity index (χ1) is 8.13. The smallest absolute Gasteiger partial charge is 0.0683 e. The predicted octanol–water partition coefficient (Wildman–Crippen LogP) is 4.78. The number of hydrogen-bond donors (Lipinski definition) is 1. The molecule has 0 fully saturated rings. The van der Waals surface area contributed by atoms with Crippen LogP contribution in [0.25, 0.3) is 0 Å². The fraction of sp³-hybridized carbons (Fsp3) is 0.231. The second kappa shape index (κ2) is 5.53. The molecule has 1 aromatic carbocycles. The lowest BCUT2D eigenvalue weighted by atomic mass is 10.0. The molecule has 1 atom stereocenters. The van der Waals surface area contributed by atoms with E-state index in [2.05, 4.69) is 45.7 Å². The van der Waals surface area contributed by atoms with Gasteiger partial charge in [0, 0.05) is 14.4 Å². The third-order valence-corrected chi connectivity index (χ3v) is 4.92. The molecule has 0 radical (unpaired) electrons. The summed E-state index contributed by atoms with van der Waals surface area (Å²) in [6.45, 7) is 2.11. The van der Waals surface area contributed by atoms with Crippen molar-refractivity contribution in [3.8, 4) is 0 Å². The van der Waals surface area contributed by atoms with E-state index in [0.29, 0.717) is 0 Å². The van der Waals surface area contributed by atoms with Crippen LogP contribution in [0.1, 0.15) is 22.0 Å². The Labute approximate surface area is 119 Å². The second-order valence-electron chi connectivity index (χ2n) is 3.86. The Kier molecular flexibility index (Phi) is 4.26. The summed E-state index contributed by atoms with van der Waals surface area (Å²) in [4.78, 5) is 1.28. The second-order valence-corrected chi connectivity index (χ2v) is 6.09. The van der Waals surface area contributed by atoms with E-state index >= 15 is 0 Å². The van der Waals surface area contributed by atoms with Gasteiger partial charge in [-0.15, -0.1) is 11.3 Å². The molecule has 17 heavy (non-hydrogen) atoms. The monoisotopic (exact) mass is 329 g/mol. The highest BCUT2D eigenvalue weighted by molar-refractivity contribution is 9.10. The molecule has 4 heteroatoms. The van der Waals surface area contributed by atoms with Crippen LogP contribution in [0.4, 0.5) is 0 Å². The molecule has 1 aromatic heterocycles. The van der Waals surface area contributed by atoms with Gasteiger partial charge in [-0.1, -0.05) is 17.7 Å². The minimum Gasteiger partial charge on any atom is -0.309 e. The summed E-state index contributed by atoms with van der Waals surface area (Å²) in [6.07, 6.45) is 0. The maximum Gasteiger partial charge on any atom is 0.0683 e. The van der Waals surface area contributed by atoms with Gasteiger partial charge in [-0.25, -0.2) is 0 Å². The van der Waals surface area contributed by atoms with Crippen molar-refractivity contribution in [2.75, 3.05) is 7.05 Å². The number of halogens is 2. The Morgan fingerprint density at radius 3 is 2.71 bits per heavy atom. The average Bonchev–Trinajstić information content (AvgIpc) is 2.71. The molecule has 1 N–H and O–H groups in total.